The third-order valence-electron chi connectivity index (χ3n) is 4.39. The van der Waals surface area contributed by atoms with Crippen LogP contribution in [0.15, 0.2) is 29.2 Å². The monoisotopic (exact) mass is 382 g/mol. The van der Waals surface area contributed by atoms with Crippen molar-refractivity contribution in [3.05, 3.63) is 29.8 Å². The summed E-state index contributed by atoms with van der Waals surface area (Å²) in [5.74, 6) is 0. The Hall–Kier alpha value is -0.870. The molecule has 0 fully saturated rings. The molecule has 1 rings (SSSR count). The van der Waals surface area contributed by atoms with Gasteiger partial charge in [0.1, 0.15) is 0 Å². The second-order valence-corrected chi connectivity index (χ2v) is 9.77. The molecule has 0 radical (unpaired) electrons. The molecule has 150 valence electrons. The Morgan fingerprint density at radius 2 is 1.23 bits per heavy atom. The standard InChI is InChI=1S/C22H38O3S/c1-5-6-7-8-9-10-11-12-13-14-15-20-16-18-21(19-17-20)26(23,24)25-22(2,3)4/h16-19H,5-15H2,1-4H3. The van der Waals surface area contributed by atoms with Crippen molar-refractivity contribution >= 4 is 10.1 Å². The molecule has 0 aliphatic rings. The van der Waals surface area contributed by atoms with E-state index >= 15 is 0 Å². The highest BCUT2D eigenvalue weighted by Crippen LogP contribution is 2.21. The minimum absolute atomic E-state index is 0.235. The highest BCUT2D eigenvalue weighted by atomic mass is 32.2. The molecule has 0 aliphatic heterocycles. The third kappa shape index (κ3) is 10.3. The summed E-state index contributed by atoms with van der Waals surface area (Å²) in [5.41, 5.74) is 0.479. The lowest BCUT2D eigenvalue weighted by Gasteiger charge is -2.18. The lowest BCUT2D eigenvalue weighted by atomic mass is 10.0. The summed E-state index contributed by atoms with van der Waals surface area (Å²) in [5, 5.41) is 0. The van der Waals surface area contributed by atoms with Gasteiger partial charge in [-0.2, -0.15) is 8.42 Å². The Morgan fingerprint density at radius 1 is 0.769 bits per heavy atom. The van der Waals surface area contributed by atoms with Crippen LogP contribution in [0.25, 0.3) is 0 Å². The van der Waals surface area contributed by atoms with Crippen LogP contribution in [0.1, 0.15) is 97.5 Å². The zero-order valence-corrected chi connectivity index (χ0v) is 18.0. The van der Waals surface area contributed by atoms with Crippen LogP contribution in [-0.4, -0.2) is 14.0 Å². The maximum atomic E-state index is 12.2. The molecule has 0 saturated heterocycles. The van der Waals surface area contributed by atoms with Gasteiger partial charge in [-0.15, -0.1) is 0 Å². The Balaban J connectivity index is 2.23. The van der Waals surface area contributed by atoms with E-state index in [9.17, 15) is 8.42 Å². The van der Waals surface area contributed by atoms with Gasteiger partial charge < -0.3 is 0 Å². The number of benzene rings is 1. The first-order chi connectivity index (χ1) is 12.2. The van der Waals surface area contributed by atoms with Crippen molar-refractivity contribution in [2.24, 2.45) is 0 Å². The van der Waals surface area contributed by atoms with Crippen LogP contribution in [0.4, 0.5) is 0 Å². The van der Waals surface area contributed by atoms with Crippen molar-refractivity contribution in [1.29, 1.82) is 0 Å². The van der Waals surface area contributed by atoms with E-state index in [1.54, 1.807) is 32.9 Å². The molecule has 0 atom stereocenters. The Kier molecular flexibility index (Phi) is 10.5. The Labute approximate surface area is 161 Å². The van der Waals surface area contributed by atoms with Gasteiger partial charge in [0.05, 0.1) is 10.5 Å². The van der Waals surface area contributed by atoms with Gasteiger partial charge in [-0.3, -0.25) is 4.18 Å². The van der Waals surface area contributed by atoms with Gasteiger partial charge in [-0.1, -0.05) is 76.8 Å². The summed E-state index contributed by atoms with van der Waals surface area (Å²) in [6.45, 7) is 7.48. The van der Waals surface area contributed by atoms with E-state index in [1.165, 1.54) is 69.8 Å². The fourth-order valence-corrected chi connectivity index (χ4v) is 4.24. The summed E-state index contributed by atoms with van der Waals surface area (Å²) in [6, 6.07) is 7.14. The van der Waals surface area contributed by atoms with Gasteiger partial charge in [-0.05, 0) is 51.3 Å². The molecule has 0 aliphatic carbocycles. The van der Waals surface area contributed by atoms with E-state index in [4.69, 9.17) is 4.18 Å². The van der Waals surface area contributed by atoms with Crippen LogP contribution in [0.3, 0.4) is 0 Å². The normalized spacial score (nSPS) is 12.5. The van der Waals surface area contributed by atoms with Crippen LogP contribution in [0.2, 0.25) is 0 Å². The quantitative estimate of drug-likeness (QED) is 0.283. The molecule has 26 heavy (non-hydrogen) atoms. The summed E-state index contributed by atoms with van der Waals surface area (Å²) in [7, 11) is -3.68. The van der Waals surface area contributed by atoms with Crippen molar-refractivity contribution in [3.8, 4) is 0 Å². The molecule has 0 saturated carbocycles. The fraction of sp³-hybridized carbons (Fsp3) is 0.727. The summed E-state index contributed by atoms with van der Waals surface area (Å²) in [6.07, 6.45) is 14.3. The molecule has 4 heteroatoms. The molecule has 0 heterocycles. The van der Waals surface area contributed by atoms with Crippen LogP contribution < -0.4 is 0 Å². The van der Waals surface area contributed by atoms with Gasteiger partial charge in [-0.25, -0.2) is 0 Å². The van der Waals surface area contributed by atoms with E-state index in [0.29, 0.717) is 0 Å². The van der Waals surface area contributed by atoms with E-state index in [2.05, 4.69) is 6.92 Å². The number of aryl methyl sites for hydroxylation is 1. The third-order valence-corrected chi connectivity index (χ3v) is 5.96. The lowest BCUT2D eigenvalue weighted by molar-refractivity contribution is 0.139. The molecule has 3 nitrogen and oxygen atoms in total. The van der Waals surface area contributed by atoms with E-state index in [-0.39, 0.29) is 4.90 Å². The van der Waals surface area contributed by atoms with E-state index in [0.717, 1.165) is 6.42 Å². The first-order valence-corrected chi connectivity index (χ1v) is 11.7. The van der Waals surface area contributed by atoms with Gasteiger partial charge in [0.15, 0.2) is 0 Å². The van der Waals surface area contributed by atoms with Crippen LogP contribution >= 0.6 is 0 Å². The van der Waals surface area contributed by atoms with Gasteiger partial charge in [0, 0.05) is 0 Å². The van der Waals surface area contributed by atoms with Crippen molar-refractivity contribution in [2.75, 3.05) is 0 Å². The molecule has 1 aromatic carbocycles. The van der Waals surface area contributed by atoms with Crippen molar-refractivity contribution < 1.29 is 12.6 Å². The maximum absolute atomic E-state index is 12.2. The average Bonchev–Trinajstić information content (AvgIpc) is 2.55. The van der Waals surface area contributed by atoms with E-state index < -0.39 is 15.7 Å². The molecule has 0 aromatic heterocycles. The number of rotatable bonds is 13. The van der Waals surface area contributed by atoms with Crippen LogP contribution in [0, 0.1) is 0 Å². The highest BCUT2D eigenvalue weighted by molar-refractivity contribution is 7.86. The van der Waals surface area contributed by atoms with Gasteiger partial charge >= 0.3 is 0 Å². The minimum Gasteiger partial charge on any atom is -0.261 e. The fourth-order valence-electron chi connectivity index (χ4n) is 3.02. The maximum Gasteiger partial charge on any atom is 0.297 e. The second-order valence-electron chi connectivity index (χ2n) is 8.23. The molecule has 0 N–H and O–H groups in total. The first kappa shape index (κ1) is 23.2. The first-order valence-electron chi connectivity index (χ1n) is 10.3. The Morgan fingerprint density at radius 3 is 1.69 bits per heavy atom. The molecular formula is C22H38O3S. The molecular weight excluding hydrogens is 344 g/mol. The molecule has 1 aromatic rings. The average molecular weight is 383 g/mol. The Bertz CT molecular complexity index is 583. The SMILES string of the molecule is CCCCCCCCCCCCc1ccc(S(=O)(=O)OC(C)(C)C)cc1. The largest absolute Gasteiger partial charge is 0.297 e. The second kappa shape index (κ2) is 11.8. The lowest BCUT2D eigenvalue weighted by Crippen LogP contribution is -2.24. The molecule has 0 amide bonds. The number of hydrogen-bond donors (Lipinski definition) is 0. The minimum atomic E-state index is -3.68. The summed E-state index contributed by atoms with van der Waals surface area (Å²) in [4.78, 5) is 0.235. The van der Waals surface area contributed by atoms with Crippen molar-refractivity contribution in [3.63, 3.8) is 0 Å². The van der Waals surface area contributed by atoms with Crippen LogP contribution in [0.5, 0.6) is 0 Å². The van der Waals surface area contributed by atoms with Gasteiger partial charge in [0.2, 0.25) is 0 Å². The zero-order valence-electron chi connectivity index (χ0n) is 17.2. The topological polar surface area (TPSA) is 43.4 Å². The zero-order chi connectivity index (χ0) is 19.5. The smallest absolute Gasteiger partial charge is 0.261 e. The highest BCUT2D eigenvalue weighted by Gasteiger charge is 2.23. The molecule has 0 unspecified atom stereocenters. The molecule has 0 bridgehead atoms. The van der Waals surface area contributed by atoms with E-state index in [1.807, 2.05) is 12.1 Å². The predicted molar refractivity (Wildman–Crippen MR) is 110 cm³/mol. The number of unbranched alkanes of at least 4 members (excludes halogenated alkanes) is 9. The van der Waals surface area contributed by atoms with Gasteiger partial charge in [0.25, 0.3) is 10.1 Å². The molecule has 0 spiro atoms. The number of hydrogen-bond acceptors (Lipinski definition) is 3. The summed E-state index contributed by atoms with van der Waals surface area (Å²) < 4.78 is 29.6. The van der Waals surface area contributed by atoms with Crippen molar-refractivity contribution in [1.82, 2.24) is 0 Å². The van der Waals surface area contributed by atoms with Crippen molar-refractivity contribution in [2.45, 2.75) is 109 Å². The predicted octanol–water partition coefficient (Wildman–Crippen LogP) is 6.65. The van der Waals surface area contributed by atoms with Crippen LogP contribution in [-0.2, 0) is 20.7 Å². The summed E-state index contributed by atoms with van der Waals surface area (Å²) >= 11 is 0.